The number of hydrogen-bond acceptors (Lipinski definition) is 4. The van der Waals surface area contributed by atoms with Crippen molar-refractivity contribution in [3.8, 4) is 0 Å². The van der Waals surface area contributed by atoms with Gasteiger partial charge in [-0.1, -0.05) is 13.0 Å². The zero-order valence-electron chi connectivity index (χ0n) is 18.7. The number of carbonyl (C=O) groups excluding carboxylic acids is 3. The van der Waals surface area contributed by atoms with Crippen molar-refractivity contribution in [1.82, 2.24) is 10.2 Å². The van der Waals surface area contributed by atoms with E-state index in [1.807, 2.05) is 6.92 Å². The minimum absolute atomic E-state index is 0.0339. The summed E-state index contributed by atoms with van der Waals surface area (Å²) in [5.41, 5.74) is -0.812. The number of ketones is 1. The Hall–Kier alpha value is -2.42. The first-order chi connectivity index (χ1) is 15.6. The maximum absolute atomic E-state index is 12.8. The highest BCUT2D eigenvalue weighted by atomic mass is 19.4. The first-order valence-electron chi connectivity index (χ1n) is 11.6. The summed E-state index contributed by atoms with van der Waals surface area (Å²) in [6.45, 7) is 3.34. The van der Waals surface area contributed by atoms with Gasteiger partial charge < -0.3 is 15.5 Å². The minimum atomic E-state index is -4.49. The van der Waals surface area contributed by atoms with Crippen LogP contribution in [0.4, 0.5) is 18.9 Å². The van der Waals surface area contributed by atoms with Gasteiger partial charge in [-0.15, -0.1) is 0 Å². The van der Waals surface area contributed by atoms with Gasteiger partial charge in [0.05, 0.1) is 12.1 Å². The maximum atomic E-state index is 12.8. The number of benzene rings is 1. The SMILES string of the molecule is CC(C(=O)NCC(=O)Nc1cccc(C(F)(F)F)c1)C1CCN(C2CC3CC(=O)CC3C2)C1. The van der Waals surface area contributed by atoms with Gasteiger partial charge >= 0.3 is 6.18 Å². The van der Waals surface area contributed by atoms with Crippen molar-refractivity contribution in [3.63, 3.8) is 0 Å². The minimum Gasteiger partial charge on any atom is -0.347 e. The molecule has 1 aliphatic heterocycles. The number of Topliss-reactive ketones (excluding diaryl/α,β-unsaturated/α-hetero) is 1. The van der Waals surface area contributed by atoms with Crippen LogP contribution >= 0.6 is 0 Å². The quantitative estimate of drug-likeness (QED) is 0.675. The Morgan fingerprint density at radius 3 is 2.55 bits per heavy atom. The molecule has 2 aliphatic carbocycles. The fourth-order valence-electron chi connectivity index (χ4n) is 5.72. The van der Waals surface area contributed by atoms with E-state index in [2.05, 4.69) is 15.5 Å². The number of carbonyl (C=O) groups is 3. The summed E-state index contributed by atoms with van der Waals surface area (Å²) in [6.07, 6.45) is 0.00247. The van der Waals surface area contributed by atoms with Crippen molar-refractivity contribution < 1.29 is 27.6 Å². The molecule has 1 aromatic rings. The lowest BCUT2D eigenvalue weighted by molar-refractivity contribution is -0.137. The normalized spacial score (nSPS) is 28.5. The molecular weight excluding hydrogens is 435 g/mol. The van der Waals surface area contributed by atoms with E-state index in [-0.39, 0.29) is 30.0 Å². The summed E-state index contributed by atoms with van der Waals surface area (Å²) < 4.78 is 38.4. The predicted molar refractivity (Wildman–Crippen MR) is 116 cm³/mol. The van der Waals surface area contributed by atoms with Gasteiger partial charge in [0, 0.05) is 37.0 Å². The van der Waals surface area contributed by atoms with Crippen LogP contribution in [0.2, 0.25) is 0 Å². The highest BCUT2D eigenvalue weighted by Crippen LogP contribution is 2.45. The molecule has 180 valence electrons. The number of hydrogen-bond donors (Lipinski definition) is 2. The van der Waals surface area contributed by atoms with E-state index in [9.17, 15) is 27.6 Å². The van der Waals surface area contributed by atoms with Crippen molar-refractivity contribution in [2.45, 2.75) is 51.2 Å². The maximum Gasteiger partial charge on any atom is 0.416 e. The molecule has 1 saturated heterocycles. The van der Waals surface area contributed by atoms with E-state index < -0.39 is 17.6 Å². The van der Waals surface area contributed by atoms with Crippen LogP contribution in [0, 0.1) is 23.7 Å². The Morgan fingerprint density at radius 1 is 1.18 bits per heavy atom. The Bertz CT molecular complexity index is 904. The van der Waals surface area contributed by atoms with E-state index in [4.69, 9.17) is 0 Å². The molecule has 3 aliphatic rings. The molecule has 2 saturated carbocycles. The average molecular weight is 466 g/mol. The topological polar surface area (TPSA) is 78.5 Å². The van der Waals surface area contributed by atoms with Gasteiger partial charge in [-0.05, 0) is 61.8 Å². The molecule has 0 aromatic heterocycles. The number of rotatable bonds is 6. The average Bonchev–Trinajstić information content (AvgIpc) is 3.45. The van der Waals surface area contributed by atoms with Crippen LogP contribution in [0.1, 0.15) is 44.6 Å². The van der Waals surface area contributed by atoms with Crippen molar-refractivity contribution in [3.05, 3.63) is 29.8 Å². The Morgan fingerprint density at radius 2 is 1.88 bits per heavy atom. The van der Waals surface area contributed by atoms with E-state index in [1.54, 1.807) is 0 Å². The molecular formula is C24H30F3N3O3. The predicted octanol–water partition coefficient (Wildman–Crippen LogP) is 3.48. The Balaban J connectivity index is 1.21. The number of anilines is 1. The third kappa shape index (κ3) is 5.57. The fourth-order valence-corrected chi connectivity index (χ4v) is 5.72. The molecule has 0 spiro atoms. The largest absolute Gasteiger partial charge is 0.416 e. The zero-order valence-corrected chi connectivity index (χ0v) is 18.7. The third-order valence-electron chi connectivity index (χ3n) is 7.59. The number of likely N-dealkylation sites (tertiary alicyclic amines) is 1. The fraction of sp³-hybridized carbons (Fsp3) is 0.625. The molecule has 0 bridgehead atoms. The Kier molecular flexibility index (Phi) is 6.79. The van der Waals surface area contributed by atoms with Crippen molar-refractivity contribution in [1.29, 1.82) is 0 Å². The first kappa shape index (κ1) is 23.7. The molecule has 2 N–H and O–H groups in total. The highest BCUT2D eigenvalue weighted by molar-refractivity contribution is 5.94. The molecule has 0 radical (unpaired) electrons. The van der Waals surface area contributed by atoms with E-state index in [0.29, 0.717) is 23.7 Å². The first-order valence-corrected chi connectivity index (χ1v) is 11.6. The van der Waals surface area contributed by atoms with Crippen molar-refractivity contribution >= 4 is 23.3 Å². The summed E-state index contributed by atoms with van der Waals surface area (Å²) in [5.74, 6) is 0.572. The monoisotopic (exact) mass is 465 g/mol. The summed E-state index contributed by atoms with van der Waals surface area (Å²) >= 11 is 0. The molecule has 4 atom stereocenters. The highest BCUT2D eigenvalue weighted by Gasteiger charge is 2.44. The molecule has 2 amide bonds. The van der Waals surface area contributed by atoms with Gasteiger partial charge in [-0.25, -0.2) is 0 Å². The number of amides is 2. The second kappa shape index (κ2) is 9.44. The van der Waals surface area contributed by atoms with Crippen molar-refractivity contribution in [2.75, 3.05) is 25.0 Å². The van der Waals surface area contributed by atoms with Gasteiger partial charge in [-0.2, -0.15) is 13.2 Å². The van der Waals surface area contributed by atoms with Crippen LogP contribution in [0.25, 0.3) is 0 Å². The summed E-state index contributed by atoms with van der Waals surface area (Å²) in [4.78, 5) is 38.8. The van der Waals surface area contributed by atoms with E-state index >= 15 is 0 Å². The van der Waals surface area contributed by atoms with Gasteiger partial charge in [-0.3, -0.25) is 14.4 Å². The number of nitrogens with zero attached hydrogens (tertiary/aromatic N) is 1. The number of nitrogens with one attached hydrogen (secondary N) is 2. The number of halogens is 3. The second-order valence-corrected chi connectivity index (χ2v) is 9.77. The second-order valence-electron chi connectivity index (χ2n) is 9.77. The third-order valence-corrected chi connectivity index (χ3v) is 7.59. The molecule has 6 nitrogen and oxygen atoms in total. The van der Waals surface area contributed by atoms with Crippen LogP contribution in [0.15, 0.2) is 24.3 Å². The van der Waals surface area contributed by atoms with E-state index in [0.717, 1.165) is 57.3 Å². The lowest BCUT2D eigenvalue weighted by Crippen LogP contribution is -2.39. The molecule has 9 heteroatoms. The molecule has 1 aromatic carbocycles. The number of alkyl halides is 3. The molecule has 33 heavy (non-hydrogen) atoms. The summed E-state index contributed by atoms with van der Waals surface area (Å²) in [5, 5.41) is 5.02. The van der Waals surface area contributed by atoms with Crippen molar-refractivity contribution in [2.24, 2.45) is 23.7 Å². The summed E-state index contributed by atoms with van der Waals surface area (Å²) in [7, 11) is 0. The smallest absolute Gasteiger partial charge is 0.347 e. The van der Waals surface area contributed by atoms with Crippen LogP contribution < -0.4 is 10.6 Å². The van der Waals surface area contributed by atoms with Gasteiger partial charge in [0.2, 0.25) is 11.8 Å². The molecule has 4 rings (SSSR count). The standard InChI is InChI=1S/C24H30F3N3O3/c1-14(15-5-6-30(13-15)20-7-16-9-21(31)10-17(16)8-20)23(33)28-12-22(32)29-19-4-2-3-18(11-19)24(25,26)27/h2-4,11,14-17,20H,5-10,12-13H2,1H3,(H,28,33)(H,29,32). The zero-order chi connectivity index (χ0) is 23.8. The lowest BCUT2D eigenvalue weighted by Gasteiger charge is -2.25. The van der Waals surface area contributed by atoms with Crippen LogP contribution in [0.5, 0.6) is 0 Å². The van der Waals surface area contributed by atoms with E-state index in [1.165, 1.54) is 12.1 Å². The Labute approximate surface area is 191 Å². The van der Waals surface area contributed by atoms with Crippen LogP contribution in [0.3, 0.4) is 0 Å². The lowest BCUT2D eigenvalue weighted by atomic mass is 9.92. The van der Waals surface area contributed by atoms with Gasteiger partial charge in [0.1, 0.15) is 5.78 Å². The van der Waals surface area contributed by atoms with Gasteiger partial charge in [0.25, 0.3) is 0 Å². The number of fused-ring (bicyclic) bond motifs is 1. The molecule has 1 heterocycles. The molecule has 4 unspecified atom stereocenters. The van der Waals surface area contributed by atoms with Crippen LogP contribution in [-0.4, -0.2) is 48.2 Å². The molecule has 3 fully saturated rings. The van der Waals surface area contributed by atoms with Crippen LogP contribution in [-0.2, 0) is 20.6 Å². The van der Waals surface area contributed by atoms with Gasteiger partial charge in [0.15, 0.2) is 0 Å². The summed E-state index contributed by atoms with van der Waals surface area (Å²) in [6, 6.07) is 4.88.